The molecule has 1 heterocycles. The smallest absolute Gasteiger partial charge is 0.215 e. The summed E-state index contributed by atoms with van der Waals surface area (Å²) in [7, 11) is 0. The summed E-state index contributed by atoms with van der Waals surface area (Å²) in [5.41, 5.74) is 2.45. The van der Waals surface area contributed by atoms with Gasteiger partial charge in [0, 0.05) is 6.07 Å². The van der Waals surface area contributed by atoms with Crippen LogP contribution in [0, 0.1) is 0 Å². The number of anilines is 1. The van der Waals surface area contributed by atoms with Gasteiger partial charge in [-0.3, -0.25) is 0 Å². The SMILES string of the molecule is CCCOc1cccc(NN)n1. The molecule has 1 aromatic heterocycles. The molecule has 0 aliphatic rings. The van der Waals surface area contributed by atoms with Crippen LogP contribution in [-0.2, 0) is 0 Å². The predicted molar refractivity (Wildman–Crippen MR) is 47.8 cm³/mol. The fourth-order valence-corrected chi connectivity index (χ4v) is 0.782. The molecule has 0 saturated carbocycles. The molecule has 0 aromatic carbocycles. The Labute approximate surface area is 71.7 Å². The molecule has 0 unspecified atom stereocenters. The zero-order chi connectivity index (χ0) is 8.81. The summed E-state index contributed by atoms with van der Waals surface area (Å²) in [4.78, 5) is 4.07. The van der Waals surface area contributed by atoms with Crippen molar-refractivity contribution in [1.29, 1.82) is 0 Å². The number of ether oxygens (including phenoxy) is 1. The highest BCUT2D eigenvalue weighted by molar-refractivity contribution is 5.35. The zero-order valence-electron chi connectivity index (χ0n) is 7.08. The third kappa shape index (κ3) is 2.39. The van der Waals surface area contributed by atoms with Crippen LogP contribution in [0.5, 0.6) is 5.88 Å². The number of nitrogens with two attached hydrogens (primary N) is 1. The minimum atomic E-state index is 0.604. The molecule has 0 atom stereocenters. The average Bonchev–Trinajstić information content (AvgIpc) is 2.15. The number of aromatic nitrogens is 1. The maximum atomic E-state index is 5.29. The van der Waals surface area contributed by atoms with Crippen molar-refractivity contribution in [3.8, 4) is 5.88 Å². The summed E-state index contributed by atoms with van der Waals surface area (Å²) in [5.74, 6) is 6.40. The molecule has 3 N–H and O–H groups in total. The van der Waals surface area contributed by atoms with Gasteiger partial charge in [-0.2, -0.15) is 4.98 Å². The molecule has 0 amide bonds. The normalized spacial score (nSPS) is 9.50. The third-order valence-electron chi connectivity index (χ3n) is 1.33. The Balaban J connectivity index is 2.60. The molecule has 0 saturated heterocycles. The number of hydrazine groups is 1. The van der Waals surface area contributed by atoms with Gasteiger partial charge in [0.05, 0.1) is 6.61 Å². The van der Waals surface area contributed by atoms with E-state index in [1.165, 1.54) is 0 Å². The van der Waals surface area contributed by atoms with Crippen LogP contribution in [0.3, 0.4) is 0 Å². The van der Waals surface area contributed by atoms with Crippen LogP contribution in [0.1, 0.15) is 13.3 Å². The largest absolute Gasteiger partial charge is 0.478 e. The van der Waals surface area contributed by atoms with Gasteiger partial charge in [-0.25, -0.2) is 5.84 Å². The molecule has 12 heavy (non-hydrogen) atoms. The second kappa shape index (κ2) is 4.56. The van der Waals surface area contributed by atoms with Gasteiger partial charge in [-0.05, 0) is 12.5 Å². The molecule has 4 heteroatoms. The lowest BCUT2D eigenvalue weighted by molar-refractivity contribution is 0.305. The van der Waals surface area contributed by atoms with E-state index in [4.69, 9.17) is 10.6 Å². The lowest BCUT2D eigenvalue weighted by Gasteiger charge is -2.04. The van der Waals surface area contributed by atoms with Gasteiger partial charge in [0.1, 0.15) is 5.82 Å². The topological polar surface area (TPSA) is 60.2 Å². The Morgan fingerprint density at radius 1 is 1.58 bits per heavy atom. The second-order valence-electron chi connectivity index (χ2n) is 2.35. The lowest BCUT2D eigenvalue weighted by atomic mass is 10.4. The Morgan fingerprint density at radius 2 is 2.42 bits per heavy atom. The fraction of sp³-hybridized carbons (Fsp3) is 0.375. The quantitative estimate of drug-likeness (QED) is 0.521. The van der Waals surface area contributed by atoms with Gasteiger partial charge in [0.15, 0.2) is 0 Å². The minimum Gasteiger partial charge on any atom is -0.478 e. The van der Waals surface area contributed by atoms with Crippen molar-refractivity contribution < 1.29 is 4.74 Å². The summed E-state index contributed by atoms with van der Waals surface area (Å²) < 4.78 is 5.29. The lowest BCUT2D eigenvalue weighted by Crippen LogP contribution is -2.09. The van der Waals surface area contributed by atoms with Crippen LogP contribution in [0.4, 0.5) is 5.82 Å². The van der Waals surface area contributed by atoms with Gasteiger partial charge in [0.2, 0.25) is 5.88 Å². The molecular weight excluding hydrogens is 154 g/mol. The summed E-state index contributed by atoms with van der Waals surface area (Å²) in [5, 5.41) is 0. The number of nitrogens with zero attached hydrogens (tertiary/aromatic N) is 1. The third-order valence-corrected chi connectivity index (χ3v) is 1.33. The van der Waals surface area contributed by atoms with Crippen molar-refractivity contribution in [2.45, 2.75) is 13.3 Å². The van der Waals surface area contributed by atoms with Crippen molar-refractivity contribution in [3.05, 3.63) is 18.2 Å². The van der Waals surface area contributed by atoms with Crippen LogP contribution >= 0.6 is 0 Å². The predicted octanol–water partition coefficient (Wildman–Crippen LogP) is 1.16. The summed E-state index contributed by atoms with van der Waals surface area (Å²) >= 11 is 0. The number of nitrogens with one attached hydrogen (secondary N) is 1. The van der Waals surface area contributed by atoms with E-state index in [9.17, 15) is 0 Å². The van der Waals surface area contributed by atoms with Crippen LogP contribution in [-0.4, -0.2) is 11.6 Å². The summed E-state index contributed by atoms with van der Waals surface area (Å²) in [6.07, 6.45) is 0.974. The van der Waals surface area contributed by atoms with Gasteiger partial charge in [-0.15, -0.1) is 0 Å². The second-order valence-corrected chi connectivity index (χ2v) is 2.35. The van der Waals surface area contributed by atoms with Crippen LogP contribution in [0.2, 0.25) is 0 Å². The first-order valence-corrected chi connectivity index (χ1v) is 3.93. The molecule has 0 bridgehead atoms. The standard InChI is InChI=1S/C8H13N3O/c1-2-6-12-8-5-3-4-7(10-8)11-9/h3-5H,2,6,9H2,1H3,(H,10,11). The molecule has 1 aromatic rings. The Morgan fingerprint density at radius 3 is 3.08 bits per heavy atom. The van der Waals surface area contributed by atoms with Gasteiger partial charge in [-0.1, -0.05) is 13.0 Å². The van der Waals surface area contributed by atoms with E-state index in [0.29, 0.717) is 18.3 Å². The van der Waals surface area contributed by atoms with E-state index in [1.807, 2.05) is 13.0 Å². The number of rotatable bonds is 4. The molecule has 0 radical (unpaired) electrons. The Kier molecular flexibility index (Phi) is 3.35. The molecule has 4 nitrogen and oxygen atoms in total. The first-order chi connectivity index (χ1) is 5.86. The molecule has 0 spiro atoms. The summed E-state index contributed by atoms with van der Waals surface area (Å²) in [6.45, 7) is 2.73. The first-order valence-electron chi connectivity index (χ1n) is 3.93. The fourth-order valence-electron chi connectivity index (χ4n) is 0.782. The molecule has 66 valence electrons. The van der Waals surface area contributed by atoms with Crippen molar-refractivity contribution in [2.75, 3.05) is 12.0 Å². The highest BCUT2D eigenvalue weighted by Crippen LogP contribution is 2.09. The van der Waals surface area contributed by atoms with E-state index in [2.05, 4.69) is 10.4 Å². The van der Waals surface area contributed by atoms with Crippen molar-refractivity contribution in [3.63, 3.8) is 0 Å². The Bertz CT molecular complexity index is 239. The zero-order valence-corrected chi connectivity index (χ0v) is 7.08. The average molecular weight is 167 g/mol. The van der Waals surface area contributed by atoms with E-state index in [0.717, 1.165) is 6.42 Å². The number of nitrogen functional groups attached to an aromatic ring is 1. The van der Waals surface area contributed by atoms with Gasteiger partial charge in [0.25, 0.3) is 0 Å². The highest BCUT2D eigenvalue weighted by atomic mass is 16.5. The first kappa shape index (κ1) is 8.80. The highest BCUT2D eigenvalue weighted by Gasteiger charge is 1.94. The minimum absolute atomic E-state index is 0.604. The van der Waals surface area contributed by atoms with Crippen LogP contribution < -0.4 is 16.0 Å². The van der Waals surface area contributed by atoms with E-state index >= 15 is 0 Å². The van der Waals surface area contributed by atoms with Crippen LogP contribution in [0.15, 0.2) is 18.2 Å². The van der Waals surface area contributed by atoms with Crippen molar-refractivity contribution in [2.24, 2.45) is 5.84 Å². The van der Waals surface area contributed by atoms with Crippen molar-refractivity contribution >= 4 is 5.82 Å². The van der Waals surface area contributed by atoms with Gasteiger partial charge >= 0.3 is 0 Å². The number of pyridine rings is 1. The van der Waals surface area contributed by atoms with E-state index in [-0.39, 0.29) is 0 Å². The maximum absolute atomic E-state index is 5.29. The molecular formula is C8H13N3O. The molecule has 0 aliphatic carbocycles. The molecule has 1 rings (SSSR count). The Hall–Kier alpha value is -1.29. The summed E-state index contributed by atoms with van der Waals surface area (Å²) in [6, 6.07) is 5.42. The maximum Gasteiger partial charge on any atom is 0.215 e. The molecule has 0 fully saturated rings. The number of hydrogen-bond acceptors (Lipinski definition) is 4. The van der Waals surface area contributed by atoms with Crippen molar-refractivity contribution in [1.82, 2.24) is 4.98 Å². The molecule has 0 aliphatic heterocycles. The van der Waals surface area contributed by atoms with Gasteiger partial charge < -0.3 is 10.2 Å². The monoisotopic (exact) mass is 167 g/mol. The van der Waals surface area contributed by atoms with Crippen LogP contribution in [0.25, 0.3) is 0 Å². The number of hydrogen-bond donors (Lipinski definition) is 2. The van der Waals surface area contributed by atoms with E-state index in [1.54, 1.807) is 12.1 Å². The van der Waals surface area contributed by atoms with E-state index < -0.39 is 0 Å².